The summed E-state index contributed by atoms with van der Waals surface area (Å²) in [4.78, 5) is 0. The van der Waals surface area contributed by atoms with Crippen LogP contribution in [0.15, 0.2) is 30.5 Å². The lowest BCUT2D eigenvalue weighted by atomic mass is 9.80. The van der Waals surface area contributed by atoms with E-state index in [0.717, 1.165) is 0 Å². The van der Waals surface area contributed by atoms with Crippen LogP contribution in [-0.4, -0.2) is 6.10 Å². The van der Waals surface area contributed by atoms with Crippen LogP contribution in [0.25, 0.3) is 6.08 Å². The molecular formula is C14H16O. The minimum absolute atomic E-state index is 0.415. The predicted molar refractivity (Wildman–Crippen MR) is 61.6 cm³/mol. The second kappa shape index (κ2) is 3.73. The van der Waals surface area contributed by atoms with E-state index in [1.54, 1.807) is 0 Å². The van der Waals surface area contributed by atoms with Crippen LogP contribution < -0.4 is 0 Å². The molecule has 1 heterocycles. The monoisotopic (exact) mass is 200 g/mol. The van der Waals surface area contributed by atoms with Gasteiger partial charge in [-0.3, -0.25) is 0 Å². The maximum absolute atomic E-state index is 5.81. The van der Waals surface area contributed by atoms with Crippen LogP contribution in [0, 0.1) is 0 Å². The topological polar surface area (TPSA) is 9.23 Å². The minimum Gasteiger partial charge on any atom is -0.497 e. The molecule has 1 nitrogen and oxygen atoms in total. The van der Waals surface area contributed by atoms with Gasteiger partial charge in [0.2, 0.25) is 0 Å². The van der Waals surface area contributed by atoms with E-state index in [1.165, 1.54) is 36.8 Å². The van der Waals surface area contributed by atoms with Gasteiger partial charge in [-0.25, -0.2) is 0 Å². The molecule has 1 aliphatic carbocycles. The van der Waals surface area contributed by atoms with Crippen LogP contribution >= 0.6 is 0 Å². The van der Waals surface area contributed by atoms with Crippen LogP contribution in [0.5, 0.6) is 0 Å². The van der Waals surface area contributed by atoms with E-state index in [0.29, 0.717) is 12.0 Å². The van der Waals surface area contributed by atoms with Crippen LogP contribution in [0.2, 0.25) is 0 Å². The molecule has 1 aliphatic heterocycles. The molecule has 0 aromatic heterocycles. The van der Waals surface area contributed by atoms with Crippen LogP contribution in [0.3, 0.4) is 0 Å². The van der Waals surface area contributed by atoms with E-state index in [9.17, 15) is 0 Å². The highest BCUT2D eigenvalue weighted by atomic mass is 16.5. The van der Waals surface area contributed by atoms with Gasteiger partial charge in [-0.15, -0.1) is 0 Å². The van der Waals surface area contributed by atoms with Gasteiger partial charge in [-0.2, -0.15) is 0 Å². The third-order valence-electron chi connectivity index (χ3n) is 3.60. The van der Waals surface area contributed by atoms with Crippen molar-refractivity contribution < 1.29 is 4.74 Å². The van der Waals surface area contributed by atoms with Gasteiger partial charge < -0.3 is 4.74 Å². The molecule has 15 heavy (non-hydrogen) atoms. The second-order valence-electron chi connectivity index (χ2n) is 4.50. The summed E-state index contributed by atoms with van der Waals surface area (Å²) in [6.07, 6.45) is 9.56. The maximum Gasteiger partial charge on any atom is 0.105 e. The van der Waals surface area contributed by atoms with Crippen LogP contribution in [0.1, 0.15) is 42.7 Å². The minimum atomic E-state index is 0.415. The molecule has 2 aliphatic rings. The molecule has 0 radical (unpaired) electrons. The molecule has 0 amide bonds. The third-order valence-corrected chi connectivity index (χ3v) is 3.60. The summed E-state index contributed by atoms with van der Waals surface area (Å²) in [5.74, 6) is 0.616. The smallest absolute Gasteiger partial charge is 0.105 e. The Morgan fingerprint density at radius 1 is 1.07 bits per heavy atom. The van der Waals surface area contributed by atoms with E-state index < -0.39 is 0 Å². The van der Waals surface area contributed by atoms with Gasteiger partial charge in [0, 0.05) is 5.92 Å². The molecule has 3 rings (SSSR count). The predicted octanol–water partition coefficient (Wildman–Crippen LogP) is 3.71. The summed E-state index contributed by atoms with van der Waals surface area (Å²) in [7, 11) is 0. The first-order valence-electron chi connectivity index (χ1n) is 5.86. The highest BCUT2D eigenvalue weighted by molar-refractivity contribution is 5.55. The highest BCUT2D eigenvalue weighted by Gasteiger charge is 2.29. The highest BCUT2D eigenvalue weighted by Crippen LogP contribution is 2.38. The zero-order valence-electron chi connectivity index (χ0n) is 8.86. The van der Waals surface area contributed by atoms with E-state index >= 15 is 0 Å². The maximum atomic E-state index is 5.81. The van der Waals surface area contributed by atoms with Crippen molar-refractivity contribution >= 4 is 6.08 Å². The molecule has 0 unspecified atom stereocenters. The second-order valence-corrected chi connectivity index (χ2v) is 4.50. The van der Waals surface area contributed by atoms with Crippen LogP contribution in [0.4, 0.5) is 0 Å². The molecule has 1 aromatic carbocycles. The van der Waals surface area contributed by atoms with Crippen molar-refractivity contribution in [3.8, 4) is 0 Å². The summed E-state index contributed by atoms with van der Waals surface area (Å²) in [5.41, 5.74) is 2.82. The Bertz CT molecular complexity index is 381. The lowest BCUT2D eigenvalue weighted by Gasteiger charge is -2.30. The van der Waals surface area contributed by atoms with Gasteiger partial charge in [0.05, 0.1) is 6.26 Å². The fraction of sp³-hybridized carbons (Fsp3) is 0.429. The zero-order chi connectivity index (χ0) is 10.1. The normalized spacial score (nSPS) is 28.5. The summed E-state index contributed by atoms with van der Waals surface area (Å²) < 4.78 is 5.81. The Morgan fingerprint density at radius 3 is 2.93 bits per heavy atom. The molecule has 0 saturated heterocycles. The third kappa shape index (κ3) is 1.56. The van der Waals surface area contributed by atoms with Crippen molar-refractivity contribution in [1.82, 2.24) is 0 Å². The average molecular weight is 200 g/mol. The van der Waals surface area contributed by atoms with Gasteiger partial charge in [-0.1, -0.05) is 30.7 Å². The first-order chi connectivity index (χ1) is 7.45. The van der Waals surface area contributed by atoms with E-state index in [-0.39, 0.29) is 0 Å². The number of fused-ring (bicyclic) bond motifs is 3. The summed E-state index contributed by atoms with van der Waals surface area (Å²) in [6, 6.07) is 8.69. The van der Waals surface area contributed by atoms with E-state index in [4.69, 9.17) is 4.74 Å². The largest absolute Gasteiger partial charge is 0.497 e. The van der Waals surface area contributed by atoms with E-state index in [2.05, 4.69) is 30.3 Å². The first kappa shape index (κ1) is 9.02. The van der Waals surface area contributed by atoms with Gasteiger partial charge in [0.25, 0.3) is 0 Å². The molecule has 0 N–H and O–H groups in total. The fourth-order valence-corrected chi connectivity index (χ4v) is 2.83. The molecule has 1 saturated carbocycles. The Kier molecular flexibility index (Phi) is 2.24. The van der Waals surface area contributed by atoms with Crippen molar-refractivity contribution in [2.24, 2.45) is 0 Å². The molecule has 1 heteroatoms. The number of hydrogen-bond donors (Lipinski definition) is 0. The number of rotatable bonds is 0. The van der Waals surface area contributed by atoms with E-state index in [1.807, 2.05) is 6.26 Å². The van der Waals surface area contributed by atoms with Crippen LogP contribution in [-0.2, 0) is 4.74 Å². The summed E-state index contributed by atoms with van der Waals surface area (Å²) in [5, 5.41) is 0. The average Bonchev–Trinajstić information content (AvgIpc) is 2.48. The standard InChI is InChI=1S/C14H16O/c1-2-6-12-11(5-1)9-10-15-14-8-4-3-7-13(12)14/h1-2,5-6,9-10,13-14H,3-4,7-8H2/t13-,14+/m0/s1. The Morgan fingerprint density at radius 2 is 1.93 bits per heavy atom. The van der Waals surface area contributed by atoms with Crippen molar-refractivity contribution in [3.05, 3.63) is 41.7 Å². The quantitative estimate of drug-likeness (QED) is 0.620. The van der Waals surface area contributed by atoms with Gasteiger partial charge in [0.1, 0.15) is 6.10 Å². The Labute approximate surface area is 90.8 Å². The van der Waals surface area contributed by atoms with Crippen molar-refractivity contribution in [2.45, 2.75) is 37.7 Å². The molecule has 78 valence electrons. The molecular weight excluding hydrogens is 184 g/mol. The van der Waals surface area contributed by atoms with Gasteiger partial charge >= 0.3 is 0 Å². The molecule has 1 fully saturated rings. The molecule has 1 aromatic rings. The van der Waals surface area contributed by atoms with Gasteiger partial charge in [0.15, 0.2) is 0 Å². The van der Waals surface area contributed by atoms with Crippen molar-refractivity contribution in [1.29, 1.82) is 0 Å². The molecule has 2 atom stereocenters. The first-order valence-corrected chi connectivity index (χ1v) is 5.86. The van der Waals surface area contributed by atoms with Crippen molar-refractivity contribution in [3.63, 3.8) is 0 Å². The zero-order valence-corrected chi connectivity index (χ0v) is 8.86. The number of hydrogen-bond acceptors (Lipinski definition) is 1. The summed E-state index contributed by atoms with van der Waals surface area (Å²) in [6.45, 7) is 0. The Balaban J connectivity index is 2.04. The lowest BCUT2D eigenvalue weighted by Crippen LogP contribution is -2.24. The number of benzene rings is 1. The SMILES string of the molecule is C1=Cc2ccccc2[C@@H]2CCCC[C@H]2O1. The molecule has 0 spiro atoms. The Hall–Kier alpha value is -1.24. The van der Waals surface area contributed by atoms with Gasteiger partial charge in [-0.05, 0) is 36.5 Å². The lowest BCUT2D eigenvalue weighted by molar-refractivity contribution is 0.0881. The molecule has 0 bridgehead atoms. The number of ether oxygens (including phenoxy) is 1. The fourth-order valence-electron chi connectivity index (χ4n) is 2.83. The summed E-state index contributed by atoms with van der Waals surface area (Å²) >= 11 is 0. The van der Waals surface area contributed by atoms with Crippen molar-refractivity contribution in [2.75, 3.05) is 0 Å².